The van der Waals surface area contributed by atoms with Crippen LogP contribution in [0.5, 0.6) is 5.75 Å². The zero-order chi connectivity index (χ0) is 12.0. The first-order valence-corrected chi connectivity index (χ1v) is 5.10. The van der Waals surface area contributed by atoms with Crippen LogP contribution in [0.4, 0.5) is 0 Å². The Kier molecular flexibility index (Phi) is 4.79. The van der Waals surface area contributed by atoms with Crippen molar-refractivity contribution in [3.63, 3.8) is 0 Å². The van der Waals surface area contributed by atoms with Crippen molar-refractivity contribution < 1.29 is 14.3 Å². The number of para-hydroxylation sites is 1. The second-order valence-corrected chi connectivity index (χ2v) is 3.46. The van der Waals surface area contributed by atoms with Gasteiger partial charge >= 0.3 is 0 Å². The monoisotopic (exact) mass is 223 g/mol. The van der Waals surface area contributed by atoms with Crippen molar-refractivity contribution in [3.8, 4) is 5.75 Å². The minimum Gasteiger partial charge on any atom is -0.496 e. The molecule has 1 unspecified atom stereocenters. The first kappa shape index (κ1) is 12.5. The van der Waals surface area contributed by atoms with E-state index in [0.29, 0.717) is 0 Å². The molecule has 0 heterocycles. The Morgan fingerprint density at radius 2 is 2.06 bits per heavy atom. The van der Waals surface area contributed by atoms with Crippen molar-refractivity contribution in [2.24, 2.45) is 0 Å². The van der Waals surface area contributed by atoms with Gasteiger partial charge in [-0.3, -0.25) is 4.79 Å². The van der Waals surface area contributed by atoms with Crippen LogP contribution in [0, 0.1) is 0 Å². The highest BCUT2D eigenvalue weighted by Gasteiger charge is 2.12. The van der Waals surface area contributed by atoms with E-state index in [9.17, 15) is 4.79 Å². The van der Waals surface area contributed by atoms with Crippen molar-refractivity contribution in [1.82, 2.24) is 5.32 Å². The SMILES string of the molecule is COCC(=O)NC(C)c1ccccc1OC. The first-order valence-electron chi connectivity index (χ1n) is 5.10. The number of carbonyl (C=O) groups excluding carboxylic acids is 1. The molecule has 0 radical (unpaired) electrons. The van der Waals surface area contributed by atoms with Gasteiger partial charge in [-0.15, -0.1) is 0 Å². The number of rotatable bonds is 5. The molecule has 0 saturated heterocycles. The zero-order valence-corrected chi connectivity index (χ0v) is 9.82. The lowest BCUT2D eigenvalue weighted by atomic mass is 10.1. The van der Waals surface area contributed by atoms with E-state index in [-0.39, 0.29) is 18.6 Å². The summed E-state index contributed by atoms with van der Waals surface area (Å²) >= 11 is 0. The summed E-state index contributed by atoms with van der Waals surface area (Å²) in [5, 5.41) is 2.83. The topological polar surface area (TPSA) is 47.6 Å². The van der Waals surface area contributed by atoms with E-state index in [1.807, 2.05) is 31.2 Å². The summed E-state index contributed by atoms with van der Waals surface area (Å²) in [6, 6.07) is 7.51. The maximum Gasteiger partial charge on any atom is 0.246 e. The van der Waals surface area contributed by atoms with E-state index in [1.54, 1.807) is 7.11 Å². The average molecular weight is 223 g/mol. The zero-order valence-electron chi connectivity index (χ0n) is 9.82. The summed E-state index contributed by atoms with van der Waals surface area (Å²) in [5.74, 6) is 0.633. The summed E-state index contributed by atoms with van der Waals surface area (Å²) < 4.78 is 9.98. The molecule has 4 heteroatoms. The summed E-state index contributed by atoms with van der Waals surface area (Å²) in [5.41, 5.74) is 0.953. The van der Waals surface area contributed by atoms with Crippen LogP contribution in [0.15, 0.2) is 24.3 Å². The molecule has 0 spiro atoms. The quantitative estimate of drug-likeness (QED) is 0.823. The molecule has 0 bridgehead atoms. The van der Waals surface area contributed by atoms with E-state index < -0.39 is 0 Å². The minimum atomic E-state index is -0.138. The lowest BCUT2D eigenvalue weighted by molar-refractivity contribution is -0.125. The number of carbonyl (C=O) groups is 1. The molecule has 0 aromatic heterocycles. The minimum absolute atomic E-state index is 0.0689. The summed E-state index contributed by atoms with van der Waals surface area (Å²) in [7, 11) is 3.11. The van der Waals surface area contributed by atoms with E-state index in [4.69, 9.17) is 9.47 Å². The van der Waals surface area contributed by atoms with E-state index in [2.05, 4.69) is 5.32 Å². The Bertz CT molecular complexity index is 352. The van der Waals surface area contributed by atoms with Gasteiger partial charge in [0.05, 0.1) is 13.2 Å². The van der Waals surface area contributed by atoms with Crippen LogP contribution in [0.25, 0.3) is 0 Å². The first-order chi connectivity index (χ1) is 7.69. The molecule has 0 aliphatic heterocycles. The van der Waals surface area contributed by atoms with Crippen LogP contribution in [0.2, 0.25) is 0 Å². The van der Waals surface area contributed by atoms with Crippen molar-refractivity contribution in [1.29, 1.82) is 0 Å². The van der Waals surface area contributed by atoms with E-state index in [1.165, 1.54) is 7.11 Å². The lowest BCUT2D eigenvalue weighted by Gasteiger charge is -2.16. The van der Waals surface area contributed by atoms with Crippen LogP contribution in [-0.2, 0) is 9.53 Å². The van der Waals surface area contributed by atoms with Crippen LogP contribution < -0.4 is 10.1 Å². The second kappa shape index (κ2) is 6.12. The lowest BCUT2D eigenvalue weighted by Crippen LogP contribution is -2.29. The molecule has 16 heavy (non-hydrogen) atoms. The summed E-state index contributed by atoms with van der Waals surface area (Å²) in [6.07, 6.45) is 0. The second-order valence-electron chi connectivity index (χ2n) is 3.46. The van der Waals surface area contributed by atoms with Gasteiger partial charge < -0.3 is 14.8 Å². The average Bonchev–Trinajstić information content (AvgIpc) is 2.29. The van der Waals surface area contributed by atoms with Gasteiger partial charge in [-0.1, -0.05) is 18.2 Å². The number of amides is 1. The third-order valence-corrected chi connectivity index (χ3v) is 2.26. The molecule has 1 rings (SSSR count). The fourth-order valence-corrected chi connectivity index (χ4v) is 1.52. The summed E-state index contributed by atoms with van der Waals surface area (Å²) in [6.45, 7) is 1.98. The largest absolute Gasteiger partial charge is 0.496 e. The standard InChI is InChI=1S/C12H17NO3/c1-9(13-12(14)8-15-2)10-6-4-5-7-11(10)16-3/h4-7,9H,8H2,1-3H3,(H,13,14). The van der Waals surface area contributed by atoms with Gasteiger partial charge in [-0.2, -0.15) is 0 Å². The predicted molar refractivity (Wildman–Crippen MR) is 61.4 cm³/mol. The van der Waals surface area contributed by atoms with Crippen molar-refractivity contribution in [3.05, 3.63) is 29.8 Å². The fourth-order valence-electron chi connectivity index (χ4n) is 1.52. The highest BCUT2D eigenvalue weighted by Crippen LogP contribution is 2.23. The van der Waals surface area contributed by atoms with Crippen molar-refractivity contribution in [2.75, 3.05) is 20.8 Å². The highest BCUT2D eigenvalue weighted by molar-refractivity contribution is 5.77. The maximum absolute atomic E-state index is 11.3. The van der Waals surface area contributed by atoms with Crippen molar-refractivity contribution in [2.45, 2.75) is 13.0 Å². The number of hydrogen-bond acceptors (Lipinski definition) is 3. The molecule has 0 aliphatic carbocycles. The van der Waals surface area contributed by atoms with Gasteiger partial charge in [0.2, 0.25) is 5.91 Å². The smallest absolute Gasteiger partial charge is 0.246 e. The Morgan fingerprint density at radius 1 is 1.38 bits per heavy atom. The van der Waals surface area contributed by atoms with Gasteiger partial charge in [0.25, 0.3) is 0 Å². The third kappa shape index (κ3) is 3.24. The molecule has 0 aliphatic rings. The van der Waals surface area contributed by atoms with Gasteiger partial charge in [-0.05, 0) is 13.0 Å². The Morgan fingerprint density at radius 3 is 2.69 bits per heavy atom. The van der Waals surface area contributed by atoms with Gasteiger partial charge in [-0.25, -0.2) is 0 Å². The predicted octanol–water partition coefficient (Wildman–Crippen LogP) is 1.52. The molecule has 0 fully saturated rings. The highest BCUT2D eigenvalue weighted by atomic mass is 16.5. The number of hydrogen-bond donors (Lipinski definition) is 1. The molecular formula is C12H17NO3. The van der Waals surface area contributed by atoms with E-state index in [0.717, 1.165) is 11.3 Å². The maximum atomic E-state index is 11.3. The van der Waals surface area contributed by atoms with Crippen LogP contribution >= 0.6 is 0 Å². The fraction of sp³-hybridized carbons (Fsp3) is 0.417. The Labute approximate surface area is 95.6 Å². The Hall–Kier alpha value is -1.55. The van der Waals surface area contributed by atoms with Crippen LogP contribution in [-0.4, -0.2) is 26.7 Å². The molecule has 1 N–H and O–H groups in total. The van der Waals surface area contributed by atoms with Crippen LogP contribution in [0.3, 0.4) is 0 Å². The van der Waals surface area contributed by atoms with E-state index >= 15 is 0 Å². The number of ether oxygens (including phenoxy) is 2. The molecule has 1 atom stereocenters. The van der Waals surface area contributed by atoms with Crippen molar-refractivity contribution >= 4 is 5.91 Å². The third-order valence-electron chi connectivity index (χ3n) is 2.26. The molecule has 0 saturated carbocycles. The van der Waals surface area contributed by atoms with Gasteiger partial charge in [0.15, 0.2) is 0 Å². The molecule has 1 aromatic rings. The van der Waals surface area contributed by atoms with Crippen LogP contribution in [0.1, 0.15) is 18.5 Å². The molecule has 4 nitrogen and oxygen atoms in total. The number of nitrogens with one attached hydrogen (secondary N) is 1. The normalized spacial score (nSPS) is 11.9. The molecule has 1 aromatic carbocycles. The molecular weight excluding hydrogens is 206 g/mol. The molecule has 1 amide bonds. The van der Waals surface area contributed by atoms with Gasteiger partial charge in [0.1, 0.15) is 12.4 Å². The Balaban J connectivity index is 2.72. The number of benzene rings is 1. The number of methoxy groups -OCH3 is 2. The molecule has 88 valence electrons. The van der Waals surface area contributed by atoms with Gasteiger partial charge in [0, 0.05) is 12.7 Å². The summed E-state index contributed by atoms with van der Waals surface area (Å²) in [4.78, 5) is 11.3.